The summed E-state index contributed by atoms with van der Waals surface area (Å²) < 4.78 is 32.0. The summed E-state index contributed by atoms with van der Waals surface area (Å²) in [5.74, 6) is -1.11. The zero-order valence-electron chi connectivity index (χ0n) is 15.3. The molecule has 1 heterocycles. The highest BCUT2D eigenvalue weighted by Gasteiger charge is 2.29. The summed E-state index contributed by atoms with van der Waals surface area (Å²) in [6.07, 6.45) is 2.55. The van der Waals surface area contributed by atoms with Crippen LogP contribution in [0.1, 0.15) is 18.1 Å². The van der Waals surface area contributed by atoms with Crippen LogP contribution in [0.4, 0.5) is 13.6 Å². The van der Waals surface area contributed by atoms with Crippen LogP contribution in [0.3, 0.4) is 0 Å². The normalized spacial score (nSPS) is 17.2. The molecule has 1 aliphatic heterocycles. The number of carbonyl (C=O) groups excluding carboxylic acids is 2. The SMILES string of the molecule is CCOC(=O)N1C/C(=C\c2cccc(F)c2)C(=O)/C(=C/c2cccc(F)c2)C1. The van der Waals surface area contributed by atoms with Gasteiger partial charge in [-0.25, -0.2) is 13.6 Å². The Kier molecular flexibility index (Phi) is 5.99. The molecule has 0 saturated carbocycles. The van der Waals surface area contributed by atoms with E-state index in [1.165, 1.54) is 29.2 Å². The number of ether oxygens (including phenoxy) is 1. The lowest BCUT2D eigenvalue weighted by atomic mass is 9.94. The first-order valence-electron chi connectivity index (χ1n) is 8.85. The van der Waals surface area contributed by atoms with Crippen molar-refractivity contribution in [3.05, 3.63) is 82.4 Å². The van der Waals surface area contributed by atoms with Crippen LogP contribution in [0.5, 0.6) is 0 Å². The fraction of sp³-hybridized carbons (Fsp3) is 0.182. The van der Waals surface area contributed by atoms with Gasteiger partial charge < -0.3 is 4.74 Å². The molecule has 144 valence electrons. The van der Waals surface area contributed by atoms with Crippen LogP contribution < -0.4 is 0 Å². The molecular weight excluding hydrogens is 364 g/mol. The highest BCUT2D eigenvalue weighted by molar-refractivity contribution is 6.15. The Morgan fingerprint density at radius 2 is 1.50 bits per heavy atom. The summed E-state index contributed by atoms with van der Waals surface area (Å²) in [5.41, 5.74) is 1.68. The molecule has 1 saturated heterocycles. The van der Waals surface area contributed by atoms with Gasteiger partial charge >= 0.3 is 6.09 Å². The molecule has 1 fully saturated rings. The fourth-order valence-corrected chi connectivity index (χ4v) is 2.98. The Bertz CT molecular complexity index is 898. The second-order valence-electron chi connectivity index (χ2n) is 6.33. The molecule has 3 rings (SSSR count). The Morgan fingerprint density at radius 1 is 1.00 bits per heavy atom. The molecule has 1 amide bonds. The highest BCUT2D eigenvalue weighted by Crippen LogP contribution is 2.23. The molecule has 0 spiro atoms. The lowest BCUT2D eigenvalue weighted by molar-refractivity contribution is -0.113. The molecule has 0 N–H and O–H groups in total. The molecule has 0 aliphatic carbocycles. The van der Waals surface area contributed by atoms with E-state index in [2.05, 4.69) is 0 Å². The third-order valence-corrected chi connectivity index (χ3v) is 4.21. The van der Waals surface area contributed by atoms with E-state index >= 15 is 0 Å². The number of hydrogen-bond donors (Lipinski definition) is 0. The molecule has 4 nitrogen and oxygen atoms in total. The van der Waals surface area contributed by atoms with Gasteiger partial charge in [-0.1, -0.05) is 24.3 Å². The number of benzene rings is 2. The second kappa shape index (κ2) is 8.61. The number of hydrogen-bond acceptors (Lipinski definition) is 3. The van der Waals surface area contributed by atoms with E-state index in [-0.39, 0.29) is 25.5 Å². The van der Waals surface area contributed by atoms with Crippen LogP contribution in [-0.4, -0.2) is 36.5 Å². The van der Waals surface area contributed by atoms with Gasteiger partial charge in [0.2, 0.25) is 0 Å². The van der Waals surface area contributed by atoms with Crippen LogP contribution in [0, 0.1) is 11.6 Å². The Labute approximate surface area is 161 Å². The van der Waals surface area contributed by atoms with Gasteiger partial charge in [0.15, 0.2) is 5.78 Å². The molecule has 0 aromatic heterocycles. The van der Waals surface area contributed by atoms with Crippen molar-refractivity contribution in [2.45, 2.75) is 6.92 Å². The van der Waals surface area contributed by atoms with Crippen LogP contribution in [0.15, 0.2) is 59.7 Å². The van der Waals surface area contributed by atoms with Crippen molar-refractivity contribution in [3.8, 4) is 0 Å². The lowest BCUT2D eigenvalue weighted by Gasteiger charge is -2.29. The van der Waals surface area contributed by atoms with Crippen molar-refractivity contribution in [1.82, 2.24) is 4.90 Å². The highest BCUT2D eigenvalue weighted by atomic mass is 19.1. The van der Waals surface area contributed by atoms with Crippen molar-refractivity contribution in [3.63, 3.8) is 0 Å². The summed E-state index contributed by atoms with van der Waals surface area (Å²) in [6.45, 7) is 2.00. The minimum atomic E-state index is -0.551. The quantitative estimate of drug-likeness (QED) is 0.735. The number of nitrogens with zero attached hydrogens (tertiary/aromatic N) is 1. The summed E-state index contributed by atoms with van der Waals surface area (Å²) in [5, 5.41) is 0. The number of likely N-dealkylation sites (tertiary alicyclic amines) is 1. The third kappa shape index (κ3) is 4.71. The van der Waals surface area contributed by atoms with Crippen LogP contribution in [0.25, 0.3) is 12.2 Å². The molecular formula is C22H19F2NO3. The maximum absolute atomic E-state index is 13.5. The Hall–Kier alpha value is -3.28. The molecule has 0 radical (unpaired) electrons. The van der Waals surface area contributed by atoms with Gasteiger partial charge in [-0.05, 0) is 54.5 Å². The maximum Gasteiger partial charge on any atom is 0.410 e. The van der Waals surface area contributed by atoms with E-state index in [1.54, 1.807) is 43.3 Å². The number of carbonyl (C=O) groups is 2. The van der Waals surface area contributed by atoms with E-state index in [4.69, 9.17) is 4.74 Å². The van der Waals surface area contributed by atoms with Gasteiger partial charge in [0.1, 0.15) is 11.6 Å². The van der Waals surface area contributed by atoms with Gasteiger partial charge in [0.05, 0.1) is 19.7 Å². The van der Waals surface area contributed by atoms with Gasteiger partial charge in [0, 0.05) is 11.1 Å². The van der Waals surface area contributed by atoms with Crippen LogP contribution >= 0.6 is 0 Å². The van der Waals surface area contributed by atoms with E-state index < -0.39 is 17.7 Å². The predicted molar refractivity (Wildman–Crippen MR) is 102 cm³/mol. The number of rotatable bonds is 3. The molecule has 1 aliphatic rings. The smallest absolute Gasteiger partial charge is 0.410 e. The molecule has 0 atom stereocenters. The largest absolute Gasteiger partial charge is 0.450 e. The number of piperidine rings is 1. The van der Waals surface area contributed by atoms with Gasteiger partial charge in [-0.2, -0.15) is 0 Å². The molecule has 2 aromatic carbocycles. The van der Waals surface area contributed by atoms with E-state index in [0.717, 1.165) is 0 Å². The Morgan fingerprint density at radius 3 is 1.93 bits per heavy atom. The Balaban J connectivity index is 1.99. The topological polar surface area (TPSA) is 46.6 Å². The van der Waals surface area contributed by atoms with Crippen LogP contribution in [-0.2, 0) is 9.53 Å². The van der Waals surface area contributed by atoms with E-state index in [9.17, 15) is 18.4 Å². The average molecular weight is 383 g/mol. The first-order valence-corrected chi connectivity index (χ1v) is 8.85. The summed E-state index contributed by atoms with van der Waals surface area (Å²) in [7, 11) is 0. The lowest BCUT2D eigenvalue weighted by Crippen LogP contribution is -2.41. The molecule has 0 bridgehead atoms. The number of Topliss-reactive ketones (excluding diaryl/α,β-unsaturated/α-hetero) is 1. The molecule has 6 heteroatoms. The first kappa shape index (κ1) is 19.5. The number of halogens is 2. The van der Waals surface area contributed by atoms with Crippen molar-refractivity contribution < 1.29 is 23.1 Å². The van der Waals surface area contributed by atoms with Crippen molar-refractivity contribution in [1.29, 1.82) is 0 Å². The van der Waals surface area contributed by atoms with Gasteiger partial charge in [0.25, 0.3) is 0 Å². The summed E-state index contributed by atoms with van der Waals surface area (Å²) >= 11 is 0. The van der Waals surface area contributed by atoms with E-state index in [1.807, 2.05) is 0 Å². The second-order valence-corrected chi connectivity index (χ2v) is 6.33. The minimum absolute atomic E-state index is 0.0503. The standard InChI is InChI=1S/C22H19F2NO3/c1-2-28-22(27)25-13-17(9-15-5-3-7-19(23)11-15)21(26)18(14-25)10-16-6-4-8-20(24)12-16/h3-12H,2,13-14H2,1H3/b17-9+,18-10+. The summed E-state index contributed by atoms with van der Waals surface area (Å²) in [4.78, 5) is 26.5. The van der Waals surface area contributed by atoms with Gasteiger partial charge in [-0.3, -0.25) is 9.69 Å². The van der Waals surface area contributed by atoms with Gasteiger partial charge in [-0.15, -0.1) is 0 Å². The third-order valence-electron chi connectivity index (χ3n) is 4.21. The van der Waals surface area contributed by atoms with Crippen LogP contribution in [0.2, 0.25) is 0 Å². The first-order chi connectivity index (χ1) is 13.5. The number of amides is 1. The van der Waals surface area contributed by atoms with E-state index in [0.29, 0.717) is 22.3 Å². The maximum atomic E-state index is 13.5. The van der Waals surface area contributed by atoms with Crippen molar-refractivity contribution >= 4 is 24.0 Å². The predicted octanol–water partition coefficient (Wildman–Crippen LogP) is 4.47. The molecule has 0 unspecified atom stereocenters. The fourth-order valence-electron chi connectivity index (χ4n) is 2.98. The minimum Gasteiger partial charge on any atom is -0.450 e. The zero-order valence-corrected chi connectivity index (χ0v) is 15.3. The average Bonchev–Trinajstić information content (AvgIpc) is 2.65. The summed E-state index contributed by atoms with van der Waals surface area (Å²) in [6, 6.07) is 11.7. The van der Waals surface area contributed by atoms with Crippen molar-refractivity contribution in [2.75, 3.05) is 19.7 Å². The van der Waals surface area contributed by atoms with Crippen molar-refractivity contribution in [2.24, 2.45) is 0 Å². The number of ketones is 1. The zero-order chi connectivity index (χ0) is 20.1. The molecule has 2 aromatic rings. The monoisotopic (exact) mass is 383 g/mol. The molecule has 28 heavy (non-hydrogen) atoms.